The van der Waals surface area contributed by atoms with Crippen molar-refractivity contribution in [3.8, 4) is 0 Å². The molecule has 0 amide bonds. The van der Waals surface area contributed by atoms with E-state index in [2.05, 4.69) is 29.0 Å². The fraction of sp³-hybridized carbons (Fsp3) is 0.850. The third kappa shape index (κ3) is 3.65. The molecule has 2 heterocycles. The van der Waals surface area contributed by atoms with Gasteiger partial charge in [-0.3, -0.25) is 9.89 Å². The molecule has 0 bridgehead atoms. The molecule has 4 aliphatic rings. The topological polar surface area (TPSA) is 48.9 Å². The lowest BCUT2D eigenvalue weighted by atomic mass is 9.46. The van der Waals surface area contributed by atoms with E-state index in [1.165, 1.54) is 38.5 Å². The van der Waals surface area contributed by atoms with Crippen LogP contribution in [0.5, 0.6) is 0 Å². The van der Waals surface area contributed by atoms with Crippen molar-refractivity contribution in [2.45, 2.75) is 63.6 Å². The monoisotopic (exact) mass is 474 g/mol. The van der Waals surface area contributed by atoms with Crippen LogP contribution in [0.15, 0.2) is 17.6 Å². The van der Waals surface area contributed by atoms with Gasteiger partial charge in [0.1, 0.15) is 0 Å². The average Bonchev–Trinajstić information content (AvgIpc) is 2.98. The molecule has 3 unspecified atom stereocenters. The molecule has 0 aromatic heterocycles. The van der Waals surface area contributed by atoms with Crippen LogP contribution < -0.4 is 10.6 Å². The summed E-state index contributed by atoms with van der Waals surface area (Å²) in [6.45, 7) is 11.1. The van der Waals surface area contributed by atoms with Crippen molar-refractivity contribution in [3.63, 3.8) is 0 Å². The maximum Gasteiger partial charge on any atom is 0.191 e. The Morgan fingerprint density at radius 3 is 2.65 bits per heavy atom. The molecule has 2 N–H and O–H groups in total. The summed E-state index contributed by atoms with van der Waals surface area (Å²) in [4.78, 5) is 7.23. The molecule has 1 spiro atoms. The van der Waals surface area contributed by atoms with Crippen LogP contribution in [-0.4, -0.2) is 61.8 Å². The number of rotatable bonds is 5. The van der Waals surface area contributed by atoms with Crippen LogP contribution in [0, 0.1) is 11.3 Å². The van der Waals surface area contributed by atoms with Crippen molar-refractivity contribution < 1.29 is 4.74 Å². The van der Waals surface area contributed by atoms with Gasteiger partial charge in [-0.1, -0.05) is 12.5 Å². The van der Waals surface area contributed by atoms with Gasteiger partial charge in [0.05, 0.1) is 6.10 Å². The number of nitrogens with one attached hydrogen (secondary N) is 2. The van der Waals surface area contributed by atoms with Gasteiger partial charge in [0.15, 0.2) is 5.96 Å². The molecule has 0 aromatic rings. The number of halogens is 1. The molecule has 2 saturated carbocycles. The average molecular weight is 474 g/mol. The normalized spacial score (nSPS) is 33.6. The van der Waals surface area contributed by atoms with Crippen LogP contribution >= 0.6 is 24.0 Å². The minimum absolute atomic E-state index is 0. The number of ether oxygens (including phenoxy) is 1. The summed E-state index contributed by atoms with van der Waals surface area (Å²) in [7, 11) is 0. The molecule has 6 heteroatoms. The van der Waals surface area contributed by atoms with E-state index in [1.807, 2.05) is 6.08 Å². The Kier molecular flexibility index (Phi) is 6.88. The van der Waals surface area contributed by atoms with Crippen molar-refractivity contribution >= 4 is 29.9 Å². The maximum absolute atomic E-state index is 6.05. The number of nitrogens with zero attached hydrogens (tertiary/aromatic N) is 2. The molecule has 2 aliphatic heterocycles. The van der Waals surface area contributed by atoms with E-state index in [0.717, 1.165) is 38.7 Å². The van der Waals surface area contributed by atoms with E-state index in [0.29, 0.717) is 29.5 Å². The maximum atomic E-state index is 6.05. The number of hydrogen-bond acceptors (Lipinski definition) is 3. The Labute approximate surface area is 175 Å². The summed E-state index contributed by atoms with van der Waals surface area (Å²) >= 11 is 0. The molecule has 148 valence electrons. The summed E-state index contributed by atoms with van der Waals surface area (Å²) in [5.74, 6) is 1.73. The van der Waals surface area contributed by atoms with Gasteiger partial charge in [0.25, 0.3) is 0 Å². The lowest BCUT2D eigenvalue weighted by Crippen LogP contribution is -2.72. The minimum Gasteiger partial charge on any atom is -0.377 e. The van der Waals surface area contributed by atoms with E-state index in [4.69, 9.17) is 9.73 Å². The fourth-order valence-electron chi connectivity index (χ4n) is 5.53. The lowest BCUT2D eigenvalue weighted by Gasteiger charge is -2.63. The SMILES string of the molecule is C=CCN1CCC(NC(=NCC)NC2C3CCOC3C23CCC3)CC1.I. The zero-order valence-electron chi connectivity index (χ0n) is 16.1. The van der Waals surface area contributed by atoms with Gasteiger partial charge in [0, 0.05) is 56.2 Å². The Hall–Kier alpha value is -0.340. The van der Waals surface area contributed by atoms with Gasteiger partial charge in [0.2, 0.25) is 0 Å². The second-order valence-corrected chi connectivity index (χ2v) is 8.28. The Bertz CT molecular complexity index is 514. The third-order valence-electron chi connectivity index (χ3n) is 6.96. The Morgan fingerprint density at radius 1 is 1.27 bits per heavy atom. The van der Waals surface area contributed by atoms with Crippen LogP contribution in [-0.2, 0) is 4.74 Å². The molecular formula is C20H35IN4O. The predicted octanol–water partition coefficient (Wildman–Crippen LogP) is 2.77. The van der Waals surface area contributed by atoms with Crippen LogP contribution in [0.4, 0.5) is 0 Å². The summed E-state index contributed by atoms with van der Waals surface area (Å²) in [5.41, 5.74) is 0.407. The second kappa shape index (κ2) is 8.78. The first kappa shape index (κ1) is 20.4. The van der Waals surface area contributed by atoms with Gasteiger partial charge in [-0.2, -0.15) is 0 Å². The van der Waals surface area contributed by atoms with Crippen molar-refractivity contribution in [2.75, 3.05) is 32.8 Å². The van der Waals surface area contributed by atoms with E-state index in [-0.39, 0.29) is 24.0 Å². The number of fused-ring (bicyclic) bond motifs is 2. The Morgan fingerprint density at radius 2 is 2.04 bits per heavy atom. The first-order chi connectivity index (χ1) is 12.3. The van der Waals surface area contributed by atoms with Crippen molar-refractivity contribution in [2.24, 2.45) is 16.3 Å². The molecule has 26 heavy (non-hydrogen) atoms. The summed E-state index contributed by atoms with van der Waals surface area (Å²) in [6.07, 6.45) is 10.1. The molecule has 4 rings (SSSR count). The highest BCUT2D eigenvalue weighted by Gasteiger charge is 2.66. The highest BCUT2D eigenvalue weighted by atomic mass is 127. The van der Waals surface area contributed by atoms with E-state index in [9.17, 15) is 0 Å². The molecule has 0 radical (unpaired) electrons. The molecule has 4 fully saturated rings. The number of hydrogen-bond donors (Lipinski definition) is 2. The van der Waals surface area contributed by atoms with Gasteiger partial charge in [-0.25, -0.2) is 0 Å². The van der Waals surface area contributed by atoms with Crippen LogP contribution in [0.25, 0.3) is 0 Å². The lowest BCUT2D eigenvalue weighted by molar-refractivity contribution is -0.171. The van der Waals surface area contributed by atoms with E-state index in [1.54, 1.807) is 0 Å². The molecule has 2 aliphatic carbocycles. The highest BCUT2D eigenvalue weighted by Crippen LogP contribution is 2.62. The summed E-state index contributed by atoms with van der Waals surface area (Å²) < 4.78 is 6.05. The number of guanidine groups is 1. The molecule has 2 saturated heterocycles. The second-order valence-electron chi connectivity index (χ2n) is 8.28. The first-order valence-electron chi connectivity index (χ1n) is 10.3. The van der Waals surface area contributed by atoms with Gasteiger partial charge < -0.3 is 15.4 Å². The van der Waals surface area contributed by atoms with E-state index >= 15 is 0 Å². The van der Waals surface area contributed by atoms with Gasteiger partial charge in [-0.15, -0.1) is 30.6 Å². The smallest absolute Gasteiger partial charge is 0.191 e. The number of aliphatic imine (C=N–C) groups is 1. The molecule has 5 nitrogen and oxygen atoms in total. The van der Waals surface area contributed by atoms with Crippen LogP contribution in [0.3, 0.4) is 0 Å². The van der Waals surface area contributed by atoms with Gasteiger partial charge in [-0.05, 0) is 39.0 Å². The quantitative estimate of drug-likeness (QED) is 0.279. The largest absolute Gasteiger partial charge is 0.377 e. The third-order valence-corrected chi connectivity index (χ3v) is 6.96. The van der Waals surface area contributed by atoms with Crippen molar-refractivity contribution in [1.29, 1.82) is 0 Å². The first-order valence-corrected chi connectivity index (χ1v) is 10.3. The van der Waals surface area contributed by atoms with E-state index < -0.39 is 0 Å². The van der Waals surface area contributed by atoms with Gasteiger partial charge >= 0.3 is 0 Å². The summed E-state index contributed by atoms with van der Waals surface area (Å²) in [5, 5.41) is 7.56. The predicted molar refractivity (Wildman–Crippen MR) is 117 cm³/mol. The van der Waals surface area contributed by atoms with Crippen molar-refractivity contribution in [1.82, 2.24) is 15.5 Å². The fourth-order valence-corrected chi connectivity index (χ4v) is 5.53. The Balaban J connectivity index is 0.00000196. The standard InChI is InChI=1S/C20H34N4O.HI/c1-3-11-24-12-6-15(7-13-24)22-19(21-4-2)23-17-16-8-14-25-18(16)20(17)9-5-10-20;/h3,15-18H,1,4-14H2,2H3,(H2,21,22,23);1H. The molecular weight excluding hydrogens is 439 g/mol. The molecule has 3 atom stereocenters. The summed E-state index contributed by atoms with van der Waals surface area (Å²) in [6, 6.07) is 1.10. The number of likely N-dealkylation sites (tertiary alicyclic amines) is 1. The molecule has 0 aromatic carbocycles. The van der Waals surface area contributed by atoms with Crippen molar-refractivity contribution in [3.05, 3.63) is 12.7 Å². The number of piperidine rings is 1. The minimum atomic E-state index is 0. The van der Waals surface area contributed by atoms with Crippen LogP contribution in [0.1, 0.15) is 45.4 Å². The highest BCUT2D eigenvalue weighted by molar-refractivity contribution is 14.0. The van der Waals surface area contributed by atoms with Crippen LogP contribution in [0.2, 0.25) is 0 Å². The zero-order chi connectivity index (χ0) is 17.3. The zero-order valence-corrected chi connectivity index (χ0v) is 18.4.